The lowest BCUT2D eigenvalue weighted by atomic mass is 10.1. The van der Waals surface area contributed by atoms with Gasteiger partial charge in [0.15, 0.2) is 0 Å². The number of amides is 1. The van der Waals surface area contributed by atoms with E-state index in [0.29, 0.717) is 12.5 Å². The largest absolute Gasteiger partial charge is 0.376 e. The summed E-state index contributed by atoms with van der Waals surface area (Å²) in [4.78, 5) is 12.0. The van der Waals surface area contributed by atoms with Gasteiger partial charge in [-0.25, -0.2) is 0 Å². The molecule has 3 heteroatoms. The van der Waals surface area contributed by atoms with Crippen LogP contribution >= 0.6 is 0 Å². The Morgan fingerprint density at radius 3 is 2.89 bits per heavy atom. The van der Waals surface area contributed by atoms with Gasteiger partial charge in [0.05, 0.1) is 6.10 Å². The van der Waals surface area contributed by atoms with Crippen LogP contribution in [0, 0.1) is 5.92 Å². The lowest BCUT2D eigenvalue weighted by Crippen LogP contribution is -2.33. The Morgan fingerprint density at radius 2 is 2.17 bits per heavy atom. The van der Waals surface area contributed by atoms with Crippen molar-refractivity contribution in [2.45, 2.75) is 31.3 Å². The fourth-order valence-electron chi connectivity index (χ4n) is 2.70. The summed E-state index contributed by atoms with van der Waals surface area (Å²) in [5, 5.41) is 3.02. The summed E-state index contributed by atoms with van der Waals surface area (Å²) < 4.78 is 5.50. The molecule has 18 heavy (non-hydrogen) atoms. The molecule has 3 atom stereocenters. The number of rotatable bonds is 4. The Kier molecular flexibility index (Phi) is 3.33. The van der Waals surface area contributed by atoms with Crippen molar-refractivity contribution in [3.05, 3.63) is 35.9 Å². The molecule has 0 bridgehead atoms. The minimum absolute atomic E-state index is 0.175. The number of ether oxygens (including phenoxy) is 1. The van der Waals surface area contributed by atoms with Crippen LogP contribution < -0.4 is 5.32 Å². The van der Waals surface area contributed by atoms with Crippen molar-refractivity contribution in [2.24, 2.45) is 5.92 Å². The number of carbonyl (C=O) groups excluding carboxylic acids is 1. The molecular weight excluding hydrogens is 226 g/mol. The van der Waals surface area contributed by atoms with Crippen molar-refractivity contribution < 1.29 is 9.53 Å². The summed E-state index contributed by atoms with van der Waals surface area (Å²) in [7, 11) is 0. The van der Waals surface area contributed by atoms with Crippen molar-refractivity contribution in [3.8, 4) is 0 Å². The van der Waals surface area contributed by atoms with Gasteiger partial charge >= 0.3 is 0 Å². The molecule has 1 aromatic carbocycles. The first-order valence-corrected chi connectivity index (χ1v) is 6.79. The molecule has 2 fully saturated rings. The summed E-state index contributed by atoms with van der Waals surface area (Å²) in [6.07, 6.45) is 3.42. The van der Waals surface area contributed by atoms with Crippen molar-refractivity contribution in [2.75, 3.05) is 13.2 Å². The van der Waals surface area contributed by atoms with Gasteiger partial charge in [-0.05, 0) is 30.7 Å². The second-order valence-electron chi connectivity index (χ2n) is 5.24. The highest BCUT2D eigenvalue weighted by atomic mass is 16.5. The van der Waals surface area contributed by atoms with Crippen molar-refractivity contribution >= 4 is 5.91 Å². The molecular formula is C15H19NO2. The van der Waals surface area contributed by atoms with E-state index in [9.17, 15) is 4.79 Å². The fraction of sp³-hybridized carbons (Fsp3) is 0.533. The molecule has 0 spiro atoms. The van der Waals surface area contributed by atoms with E-state index in [-0.39, 0.29) is 17.9 Å². The number of carbonyl (C=O) groups is 1. The van der Waals surface area contributed by atoms with Gasteiger partial charge in [-0.1, -0.05) is 30.3 Å². The maximum atomic E-state index is 12.0. The molecule has 1 saturated heterocycles. The summed E-state index contributed by atoms with van der Waals surface area (Å²) in [5.41, 5.74) is 1.29. The van der Waals surface area contributed by atoms with Crippen LogP contribution in [-0.2, 0) is 9.53 Å². The molecule has 1 heterocycles. The Balaban J connectivity index is 1.47. The van der Waals surface area contributed by atoms with Gasteiger partial charge in [0, 0.05) is 19.1 Å². The van der Waals surface area contributed by atoms with E-state index in [1.807, 2.05) is 18.2 Å². The van der Waals surface area contributed by atoms with Gasteiger partial charge in [0.2, 0.25) is 5.91 Å². The average Bonchev–Trinajstić information content (AvgIpc) is 3.05. The predicted molar refractivity (Wildman–Crippen MR) is 69.3 cm³/mol. The molecule has 1 aromatic rings. The first-order chi connectivity index (χ1) is 8.84. The molecule has 1 saturated carbocycles. The topological polar surface area (TPSA) is 38.3 Å². The Bertz CT molecular complexity index is 412. The number of hydrogen-bond acceptors (Lipinski definition) is 2. The second kappa shape index (κ2) is 5.11. The first kappa shape index (κ1) is 11.7. The normalized spacial score (nSPS) is 30.1. The van der Waals surface area contributed by atoms with Gasteiger partial charge < -0.3 is 10.1 Å². The fourth-order valence-corrected chi connectivity index (χ4v) is 2.70. The summed E-state index contributed by atoms with van der Waals surface area (Å²) in [6.45, 7) is 1.52. The van der Waals surface area contributed by atoms with Crippen LogP contribution in [0.2, 0.25) is 0 Å². The van der Waals surface area contributed by atoms with Gasteiger partial charge in [-0.3, -0.25) is 4.79 Å². The van der Waals surface area contributed by atoms with Crippen molar-refractivity contribution in [3.63, 3.8) is 0 Å². The average molecular weight is 245 g/mol. The number of hydrogen-bond donors (Lipinski definition) is 1. The van der Waals surface area contributed by atoms with E-state index in [1.165, 1.54) is 5.56 Å². The zero-order valence-electron chi connectivity index (χ0n) is 10.5. The summed E-state index contributed by atoms with van der Waals surface area (Å²) in [6, 6.07) is 10.3. The van der Waals surface area contributed by atoms with Gasteiger partial charge in [0.1, 0.15) is 0 Å². The van der Waals surface area contributed by atoms with Crippen molar-refractivity contribution in [1.29, 1.82) is 0 Å². The minimum Gasteiger partial charge on any atom is -0.376 e. The minimum atomic E-state index is 0.175. The Labute approximate surface area is 108 Å². The highest BCUT2D eigenvalue weighted by molar-refractivity contribution is 5.82. The molecule has 1 aliphatic heterocycles. The van der Waals surface area contributed by atoms with Crippen LogP contribution in [0.1, 0.15) is 30.7 Å². The van der Waals surface area contributed by atoms with Gasteiger partial charge in [-0.2, -0.15) is 0 Å². The van der Waals surface area contributed by atoms with E-state index in [0.717, 1.165) is 25.9 Å². The number of nitrogens with one attached hydrogen (secondary N) is 1. The zero-order chi connectivity index (χ0) is 12.4. The monoisotopic (exact) mass is 245 g/mol. The quantitative estimate of drug-likeness (QED) is 0.882. The van der Waals surface area contributed by atoms with Crippen molar-refractivity contribution in [1.82, 2.24) is 5.32 Å². The highest BCUT2D eigenvalue weighted by Crippen LogP contribution is 2.47. The molecule has 1 N–H and O–H groups in total. The molecule has 0 radical (unpaired) electrons. The third-order valence-electron chi connectivity index (χ3n) is 3.88. The number of benzene rings is 1. The molecule has 96 valence electrons. The van der Waals surface area contributed by atoms with Gasteiger partial charge in [0.25, 0.3) is 0 Å². The maximum absolute atomic E-state index is 12.0. The zero-order valence-corrected chi connectivity index (χ0v) is 10.5. The summed E-state index contributed by atoms with van der Waals surface area (Å²) >= 11 is 0. The first-order valence-electron chi connectivity index (χ1n) is 6.79. The maximum Gasteiger partial charge on any atom is 0.223 e. The molecule has 3 nitrogen and oxygen atoms in total. The van der Waals surface area contributed by atoms with E-state index in [2.05, 4.69) is 17.4 Å². The van der Waals surface area contributed by atoms with Crippen LogP contribution in [0.3, 0.4) is 0 Å². The standard InChI is InChI=1S/C15H19NO2/c17-15(16-10-12-7-4-8-18-12)14-9-13(14)11-5-2-1-3-6-11/h1-3,5-6,12-14H,4,7-10H2,(H,16,17)/t12-,13-,14+/m0/s1. The lowest BCUT2D eigenvalue weighted by Gasteiger charge is -2.10. The molecule has 0 aromatic heterocycles. The predicted octanol–water partition coefficient (Wildman–Crippen LogP) is 2.09. The van der Waals surface area contributed by atoms with E-state index in [4.69, 9.17) is 4.74 Å². The molecule has 2 aliphatic rings. The molecule has 3 rings (SSSR count). The third-order valence-corrected chi connectivity index (χ3v) is 3.88. The van der Waals surface area contributed by atoms with Crippen LogP contribution in [0.25, 0.3) is 0 Å². The molecule has 0 unspecified atom stereocenters. The van der Waals surface area contributed by atoms with Crippen LogP contribution in [0.4, 0.5) is 0 Å². The SMILES string of the molecule is O=C(NC[C@@H]1CCCO1)[C@@H]1C[C@H]1c1ccccc1. The third kappa shape index (κ3) is 2.56. The van der Waals surface area contributed by atoms with E-state index in [1.54, 1.807) is 0 Å². The Hall–Kier alpha value is -1.35. The van der Waals surface area contributed by atoms with Crippen LogP contribution in [0.5, 0.6) is 0 Å². The van der Waals surface area contributed by atoms with Crippen LogP contribution in [0.15, 0.2) is 30.3 Å². The second-order valence-corrected chi connectivity index (χ2v) is 5.24. The highest BCUT2D eigenvalue weighted by Gasteiger charge is 2.43. The molecule has 1 aliphatic carbocycles. The molecule has 1 amide bonds. The van der Waals surface area contributed by atoms with Crippen LogP contribution in [-0.4, -0.2) is 25.2 Å². The summed E-state index contributed by atoms with van der Waals surface area (Å²) in [5.74, 6) is 0.795. The van der Waals surface area contributed by atoms with Gasteiger partial charge in [-0.15, -0.1) is 0 Å². The van der Waals surface area contributed by atoms with E-state index < -0.39 is 0 Å². The smallest absolute Gasteiger partial charge is 0.223 e. The van der Waals surface area contributed by atoms with E-state index >= 15 is 0 Å². The Morgan fingerprint density at radius 1 is 1.33 bits per heavy atom. The lowest BCUT2D eigenvalue weighted by molar-refractivity contribution is -0.122.